The SMILES string of the molecule is COc1cc2ccc(OC)c(Br)c2s1. The minimum atomic E-state index is 0.849. The molecular formula is C10H9BrO2S. The van der Waals surface area contributed by atoms with Crippen LogP contribution in [0.2, 0.25) is 0 Å². The summed E-state index contributed by atoms with van der Waals surface area (Å²) in [4.78, 5) is 0. The first-order chi connectivity index (χ1) is 6.76. The summed E-state index contributed by atoms with van der Waals surface area (Å²) < 4.78 is 12.5. The van der Waals surface area contributed by atoms with E-state index in [9.17, 15) is 0 Å². The molecule has 0 radical (unpaired) electrons. The molecule has 14 heavy (non-hydrogen) atoms. The molecule has 0 fully saturated rings. The lowest BCUT2D eigenvalue weighted by molar-refractivity contribution is 0.413. The van der Waals surface area contributed by atoms with Crippen LogP contribution in [0.15, 0.2) is 22.7 Å². The molecule has 0 bridgehead atoms. The van der Waals surface area contributed by atoms with Crippen LogP contribution in [0.5, 0.6) is 10.8 Å². The summed E-state index contributed by atoms with van der Waals surface area (Å²) in [5.74, 6) is 0.849. The van der Waals surface area contributed by atoms with Gasteiger partial charge in [0.15, 0.2) is 5.06 Å². The second-order valence-electron chi connectivity index (χ2n) is 2.77. The number of thiophene rings is 1. The Hall–Kier alpha value is -0.740. The summed E-state index contributed by atoms with van der Waals surface area (Å²) in [6.45, 7) is 0. The van der Waals surface area contributed by atoms with Crippen molar-refractivity contribution in [2.24, 2.45) is 0 Å². The number of hydrogen-bond acceptors (Lipinski definition) is 3. The molecule has 0 atom stereocenters. The highest BCUT2D eigenvalue weighted by Crippen LogP contribution is 2.40. The smallest absolute Gasteiger partial charge is 0.174 e. The first-order valence-corrected chi connectivity index (χ1v) is 5.67. The Morgan fingerprint density at radius 1 is 1.21 bits per heavy atom. The van der Waals surface area contributed by atoms with Crippen molar-refractivity contribution in [2.45, 2.75) is 0 Å². The maximum atomic E-state index is 5.21. The van der Waals surface area contributed by atoms with Crippen LogP contribution < -0.4 is 9.47 Å². The van der Waals surface area contributed by atoms with E-state index >= 15 is 0 Å². The van der Waals surface area contributed by atoms with Crippen molar-refractivity contribution >= 4 is 37.4 Å². The number of fused-ring (bicyclic) bond motifs is 1. The van der Waals surface area contributed by atoms with E-state index in [0.29, 0.717) is 0 Å². The lowest BCUT2D eigenvalue weighted by atomic mass is 10.2. The van der Waals surface area contributed by atoms with Crippen molar-refractivity contribution in [3.8, 4) is 10.8 Å². The Balaban J connectivity index is 2.68. The largest absolute Gasteiger partial charge is 0.496 e. The Kier molecular flexibility index (Phi) is 2.65. The lowest BCUT2D eigenvalue weighted by Crippen LogP contribution is -1.82. The number of methoxy groups -OCH3 is 2. The van der Waals surface area contributed by atoms with Gasteiger partial charge < -0.3 is 9.47 Å². The molecule has 2 nitrogen and oxygen atoms in total. The molecule has 0 saturated heterocycles. The van der Waals surface area contributed by atoms with E-state index in [-0.39, 0.29) is 0 Å². The standard InChI is InChI=1S/C10H9BrO2S/c1-12-7-4-3-6-5-8(13-2)14-10(6)9(7)11/h3-5H,1-2H3. The van der Waals surface area contributed by atoms with Gasteiger partial charge in [0.05, 0.1) is 23.4 Å². The monoisotopic (exact) mass is 272 g/mol. The van der Waals surface area contributed by atoms with Gasteiger partial charge in [-0.2, -0.15) is 0 Å². The zero-order valence-corrected chi connectivity index (χ0v) is 10.2. The lowest BCUT2D eigenvalue weighted by Gasteiger charge is -2.02. The molecule has 0 spiro atoms. The third kappa shape index (κ3) is 1.48. The van der Waals surface area contributed by atoms with Gasteiger partial charge in [-0.3, -0.25) is 0 Å². The van der Waals surface area contributed by atoms with Crippen molar-refractivity contribution in [2.75, 3.05) is 14.2 Å². The molecule has 1 aromatic heterocycles. The summed E-state index contributed by atoms with van der Waals surface area (Å²) >= 11 is 5.12. The van der Waals surface area contributed by atoms with E-state index in [0.717, 1.165) is 20.0 Å². The van der Waals surface area contributed by atoms with Crippen LogP contribution in [0.1, 0.15) is 0 Å². The highest BCUT2D eigenvalue weighted by molar-refractivity contribution is 9.10. The molecule has 2 aromatic rings. The van der Waals surface area contributed by atoms with Crippen LogP contribution in [-0.4, -0.2) is 14.2 Å². The van der Waals surface area contributed by atoms with Gasteiger partial charge in [0.2, 0.25) is 0 Å². The van der Waals surface area contributed by atoms with Crippen molar-refractivity contribution < 1.29 is 9.47 Å². The highest BCUT2D eigenvalue weighted by Gasteiger charge is 2.09. The van der Waals surface area contributed by atoms with Gasteiger partial charge in [0.1, 0.15) is 5.75 Å². The zero-order valence-electron chi connectivity index (χ0n) is 7.83. The van der Waals surface area contributed by atoms with Crippen LogP contribution in [0.3, 0.4) is 0 Å². The third-order valence-corrected chi connectivity index (χ3v) is 4.17. The van der Waals surface area contributed by atoms with Crippen molar-refractivity contribution in [1.29, 1.82) is 0 Å². The Morgan fingerprint density at radius 2 is 2.00 bits per heavy atom. The van der Waals surface area contributed by atoms with Gasteiger partial charge in [-0.05, 0) is 39.5 Å². The molecule has 4 heteroatoms. The maximum Gasteiger partial charge on any atom is 0.174 e. The number of ether oxygens (including phenoxy) is 2. The van der Waals surface area contributed by atoms with Gasteiger partial charge in [0, 0.05) is 0 Å². The van der Waals surface area contributed by atoms with Crippen LogP contribution >= 0.6 is 27.3 Å². The van der Waals surface area contributed by atoms with E-state index in [4.69, 9.17) is 9.47 Å². The molecule has 2 rings (SSSR count). The van der Waals surface area contributed by atoms with E-state index in [1.54, 1.807) is 25.6 Å². The summed E-state index contributed by atoms with van der Waals surface area (Å²) in [6, 6.07) is 5.99. The topological polar surface area (TPSA) is 18.5 Å². The molecule has 0 aliphatic heterocycles. The average Bonchev–Trinajstić information content (AvgIpc) is 2.62. The first kappa shape index (κ1) is 9.80. The van der Waals surface area contributed by atoms with Gasteiger partial charge >= 0.3 is 0 Å². The fourth-order valence-corrected chi connectivity index (χ4v) is 2.96. The van der Waals surface area contributed by atoms with Crippen molar-refractivity contribution in [3.05, 3.63) is 22.7 Å². The molecule has 0 amide bonds. The summed E-state index contributed by atoms with van der Waals surface area (Å²) in [5.41, 5.74) is 0. The molecule has 1 aromatic carbocycles. The Bertz CT molecular complexity index is 464. The molecule has 0 saturated carbocycles. The molecule has 0 unspecified atom stereocenters. The van der Waals surface area contributed by atoms with Crippen LogP contribution in [0, 0.1) is 0 Å². The van der Waals surface area contributed by atoms with E-state index in [2.05, 4.69) is 15.9 Å². The Labute approximate surface area is 94.6 Å². The van der Waals surface area contributed by atoms with Gasteiger partial charge in [-0.1, -0.05) is 11.3 Å². The number of benzene rings is 1. The summed E-state index contributed by atoms with van der Waals surface area (Å²) in [6.07, 6.45) is 0. The Morgan fingerprint density at radius 3 is 2.64 bits per heavy atom. The van der Waals surface area contributed by atoms with E-state index in [1.807, 2.05) is 18.2 Å². The van der Waals surface area contributed by atoms with Crippen LogP contribution in [0.4, 0.5) is 0 Å². The fourth-order valence-electron chi connectivity index (χ4n) is 1.29. The number of rotatable bonds is 2. The van der Waals surface area contributed by atoms with Gasteiger partial charge in [-0.15, -0.1) is 0 Å². The number of hydrogen-bond donors (Lipinski definition) is 0. The van der Waals surface area contributed by atoms with Crippen molar-refractivity contribution in [3.63, 3.8) is 0 Å². The molecule has 1 heterocycles. The fraction of sp³-hybridized carbons (Fsp3) is 0.200. The molecule has 0 aliphatic rings. The van der Waals surface area contributed by atoms with Gasteiger partial charge in [-0.25, -0.2) is 0 Å². The van der Waals surface area contributed by atoms with Gasteiger partial charge in [0.25, 0.3) is 0 Å². The third-order valence-electron chi connectivity index (χ3n) is 1.99. The molecular weight excluding hydrogens is 264 g/mol. The zero-order chi connectivity index (χ0) is 10.1. The molecule has 0 aliphatic carbocycles. The second kappa shape index (κ2) is 3.79. The van der Waals surface area contributed by atoms with Crippen LogP contribution in [0.25, 0.3) is 10.1 Å². The van der Waals surface area contributed by atoms with E-state index < -0.39 is 0 Å². The summed E-state index contributed by atoms with van der Waals surface area (Å²) in [5, 5.41) is 2.08. The number of halogens is 1. The minimum absolute atomic E-state index is 0.849. The van der Waals surface area contributed by atoms with E-state index in [1.165, 1.54) is 5.39 Å². The quantitative estimate of drug-likeness (QED) is 0.831. The first-order valence-electron chi connectivity index (χ1n) is 4.06. The minimum Gasteiger partial charge on any atom is -0.496 e. The second-order valence-corrected chi connectivity index (χ2v) is 4.58. The molecule has 74 valence electrons. The average molecular weight is 273 g/mol. The predicted molar refractivity (Wildman–Crippen MR) is 62.6 cm³/mol. The normalized spacial score (nSPS) is 10.5. The summed E-state index contributed by atoms with van der Waals surface area (Å²) in [7, 11) is 3.34. The highest BCUT2D eigenvalue weighted by atomic mass is 79.9. The maximum absolute atomic E-state index is 5.21. The predicted octanol–water partition coefficient (Wildman–Crippen LogP) is 3.68. The molecule has 0 N–H and O–H groups in total. The van der Waals surface area contributed by atoms with Crippen LogP contribution in [-0.2, 0) is 0 Å². The van der Waals surface area contributed by atoms with Crippen molar-refractivity contribution in [1.82, 2.24) is 0 Å².